The zero-order valence-corrected chi connectivity index (χ0v) is 12.2. The Hall–Kier alpha value is -2.06. The van der Waals surface area contributed by atoms with Crippen LogP contribution in [-0.4, -0.2) is 45.8 Å². The zero-order valence-electron chi connectivity index (χ0n) is 12.2. The number of carbonyl (C=O) groups excluding carboxylic acids is 2. The molecule has 1 fully saturated rings. The first kappa shape index (κ1) is 16.3. The van der Waals surface area contributed by atoms with Gasteiger partial charge in [-0.25, -0.2) is 0 Å². The quantitative estimate of drug-likeness (QED) is 0.887. The van der Waals surface area contributed by atoms with Crippen molar-refractivity contribution in [1.29, 1.82) is 0 Å². The standard InChI is InChI=1S/C13H17F3N4O2/c1-7-3-8(2)20(18-7)6-11(21)19-4-9(12(17)22)10(5-19)13(14,15)16/h3,9-10H,4-6H2,1-2H3,(H2,17,22)/t9-,10-/m1/s1. The van der Waals surface area contributed by atoms with Crippen molar-refractivity contribution in [1.82, 2.24) is 14.7 Å². The molecule has 0 saturated carbocycles. The number of alkyl halides is 3. The number of amides is 2. The maximum Gasteiger partial charge on any atom is 0.394 e. The molecule has 0 radical (unpaired) electrons. The van der Waals surface area contributed by atoms with E-state index in [9.17, 15) is 22.8 Å². The van der Waals surface area contributed by atoms with Crippen LogP contribution in [0, 0.1) is 25.7 Å². The Labute approximate surface area is 125 Å². The maximum absolute atomic E-state index is 12.9. The van der Waals surface area contributed by atoms with Gasteiger partial charge in [0, 0.05) is 18.8 Å². The summed E-state index contributed by atoms with van der Waals surface area (Å²) in [6.45, 7) is 2.50. The molecular weight excluding hydrogens is 301 g/mol. The van der Waals surface area contributed by atoms with Gasteiger partial charge in [0.25, 0.3) is 0 Å². The number of halogens is 3. The van der Waals surface area contributed by atoms with Crippen molar-refractivity contribution in [3.8, 4) is 0 Å². The molecule has 1 aromatic heterocycles. The van der Waals surface area contributed by atoms with Gasteiger partial charge in [-0.15, -0.1) is 0 Å². The van der Waals surface area contributed by atoms with Crippen LogP contribution in [0.5, 0.6) is 0 Å². The SMILES string of the molecule is Cc1cc(C)n(CC(=O)N2C[C@@H](C(F)(F)F)[C@H](C(N)=O)C2)n1. The highest BCUT2D eigenvalue weighted by molar-refractivity contribution is 5.81. The van der Waals surface area contributed by atoms with Crippen molar-refractivity contribution >= 4 is 11.8 Å². The monoisotopic (exact) mass is 318 g/mol. The van der Waals surface area contributed by atoms with Crippen LogP contribution in [-0.2, 0) is 16.1 Å². The third-order valence-corrected chi connectivity index (χ3v) is 3.85. The van der Waals surface area contributed by atoms with E-state index in [4.69, 9.17) is 5.73 Å². The highest BCUT2D eigenvalue weighted by atomic mass is 19.4. The van der Waals surface area contributed by atoms with Gasteiger partial charge < -0.3 is 10.6 Å². The van der Waals surface area contributed by atoms with Gasteiger partial charge in [0.2, 0.25) is 11.8 Å². The van der Waals surface area contributed by atoms with E-state index in [0.717, 1.165) is 16.3 Å². The van der Waals surface area contributed by atoms with Gasteiger partial charge in [0.1, 0.15) is 6.54 Å². The third-order valence-electron chi connectivity index (χ3n) is 3.85. The molecule has 2 atom stereocenters. The van der Waals surface area contributed by atoms with Gasteiger partial charge in [-0.3, -0.25) is 14.3 Å². The first-order chi connectivity index (χ1) is 10.1. The van der Waals surface area contributed by atoms with Crippen LogP contribution in [0.25, 0.3) is 0 Å². The van der Waals surface area contributed by atoms with Crippen LogP contribution in [0.1, 0.15) is 11.4 Å². The minimum atomic E-state index is -4.56. The third kappa shape index (κ3) is 3.23. The average Bonchev–Trinajstić information content (AvgIpc) is 2.93. The van der Waals surface area contributed by atoms with E-state index in [1.165, 1.54) is 4.68 Å². The fraction of sp³-hybridized carbons (Fsp3) is 0.615. The number of nitrogens with two attached hydrogens (primary N) is 1. The lowest BCUT2D eigenvalue weighted by Crippen LogP contribution is -2.37. The van der Waals surface area contributed by atoms with Gasteiger partial charge in [-0.05, 0) is 19.9 Å². The molecule has 0 bridgehead atoms. The van der Waals surface area contributed by atoms with Crippen molar-refractivity contribution in [3.63, 3.8) is 0 Å². The van der Waals surface area contributed by atoms with Gasteiger partial charge in [0.05, 0.1) is 17.5 Å². The molecule has 2 N–H and O–H groups in total. The average molecular weight is 318 g/mol. The Kier molecular flexibility index (Phi) is 4.17. The molecule has 122 valence electrons. The van der Waals surface area contributed by atoms with Crippen molar-refractivity contribution < 1.29 is 22.8 Å². The number of hydrogen-bond donors (Lipinski definition) is 1. The number of nitrogens with zero attached hydrogens (tertiary/aromatic N) is 3. The molecule has 9 heteroatoms. The van der Waals surface area contributed by atoms with E-state index in [2.05, 4.69) is 5.10 Å². The van der Waals surface area contributed by atoms with Crippen molar-refractivity contribution in [2.75, 3.05) is 13.1 Å². The van der Waals surface area contributed by atoms with E-state index in [1.54, 1.807) is 19.9 Å². The van der Waals surface area contributed by atoms with Crippen molar-refractivity contribution in [2.45, 2.75) is 26.6 Å². The van der Waals surface area contributed by atoms with E-state index < -0.39 is 36.4 Å². The fourth-order valence-corrected chi connectivity index (χ4v) is 2.69. The van der Waals surface area contributed by atoms with Gasteiger partial charge in [-0.1, -0.05) is 0 Å². The van der Waals surface area contributed by atoms with Crippen LogP contribution in [0.2, 0.25) is 0 Å². The normalized spacial score (nSPS) is 22.1. The lowest BCUT2D eigenvalue weighted by atomic mass is 9.95. The summed E-state index contributed by atoms with van der Waals surface area (Å²) in [4.78, 5) is 24.4. The number of rotatable bonds is 3. The highest BCUT2D eigenvalue weighted by Gasteiger charge is 2.52. The van der Waals surface area contributed by atoms with Gasteiger partial charge in [0.15, 0.2) is 0 Å². The van der Waals surface area contributed by atoms with Gasteiger partial charge >= 0.3 is 6.18 Å². The predicted molar refractivity (Wildman–Crippen MR) is 70.5 cm³/mol. The van der Waals surface area contributed by atoms with Crippen molar-refractivity contribution in [3.05, 3.63) is 17.5 Å². The number of hydrogen-bond acceptors (Lipinski definition) is 3. The highest BCUT2D eigenvalue weighted by Crippen LogP contribution is 2.37. The van der Waals surface area contributed by atoms with Crippen LogP contribution < -0.4 is 5.73 Å². The Balaban J connectivity index is 2.11. The number of primary amides is 1. The minimum absolute atomic E-state index is 0.157. The Morgan fingerprint density at radius 3 is 2.41 bits per heavy atom. The number of aromatic nitrogens is 2. The molecular formula is C13H17F3N4O2. The molecule has 6 nitrogen and oxygen atoms in total. The Bertz CT molecular complexity index is 597. The molecule has 1 aliphatic heterocycles. The summed E-state index contributed by atoms with van der Waals surface area (Å²) in [6.07, 6.45) is -4.56. The molecule has 1 aromatic rings. The fourth-order valence-electron chi connectivity index (χ4n) is 2.69. The largest absolute Gasteiger partial charge is 0.394 e. The van der Waals surface area contributed by atoms with Crippen LogP contribution in [0.15, 0.2) is 6.07 Å². The second-order valence-corrected chi connectivity index (χ2v) is 5.54. The summed E-state index contributed by atoms with van der Waals surface area (Å²) in [7, 11) is 0. The minimum Gasteiger partial charge on any atom is -0.369 e. The van der Waals surface area contributed by atoms with E-state index in [1.807, 2.05) is 0 Å². The van der Waals surface area contributed by atoms with E-state index >= 15 is 0 Å². The summed E-state index contributed by atoms with van der Waals surface area (Å²) >= 11 is 0. The molecule has 1 saturated heterocycles. The maximum atomic E-state index is 12.9. The Morgan fingerprint density at radius 2 is 2.00 bits per heavy atom. The van der Waals surface area contributed by atoms with Crippen LogP contribution >= 0.6 is 0 Å². The smallest absolute Gasteiger partial charge is 0.369 e. The van der Waals surface area contributed by atoms with E-state index in [0.29, 0.717) is 0 Å². The molecule has 2 rings (SSSR count). The predicted octanol–water partition coefficient (Wildman–Crippen LogP) is 0.622. The molecule has 0 aromatic carbocycles. The van der Waals surface area contributed by atoms with Crippen molar-refractivity contribution in [2.24, 2.45) is 17.6 Å². The number of likely N-dealkylation sites (tertiary alicyclic amines) is 1. The molecule has 2 heterocycles. The lowest BCUT2D eigenvalue weighted by molar-refractivity contribution is -0.182. The Morgan fingerprint density at radius 1 is 1.36 bits per heavy atom. The van der Waals surface area contributed by atoms with Crippen LogP contribution in [0.3, 0.4) is 0 Å². The summed E-state index contributed by atoms with van der Waals surface area (Å²) in [6, 6.07) is 1.77. The van der Waals surface area contributed by atoms with Gasteiger partial charge in [-0.2, -0.15) is 18.3 Å². The van der Waals surface area contributed by atoms with E-state index in [-0.39, 0.29) is 13.1 Å². The second-order valence-electron chi connectivity index (χ2n) is 5.54. The molecule has 2 amide bonds. The topological polar surface area (TPSA) is 81.2 Å². The number of carbonyl (C=O) groups is 2. The second kappa shape index (κ2) is 5.62. The summed E-state index contributed by atoms with van der Waals surface area (Å²) in [5, 5.41) is 4.10. The summed E-state index contributed by atoms with van der Waals surface area (Å²) < 4.78 is 40.2. The molecule has 0 spiro atoms. The lowest BCUT2D eigenvalue weighted by Gasteiger charge is -2.18. The number of aryl methyl sites for hydroxylation is 2. The summed E-state index contributed by atoms with van der Waals surface area (Å²) in [5.74, 6) is -4.85. The zero-order chi connectivity index (χ0) is 16.7. The molecule has 22 heavy (non-hydrogen) atoms. The first-order valence-electron chi connectivity index (χ1n) is 6.74. The molecule has 1 aliphatic rings. The van der Waals surface area contributed by atoms with Crippen LogP contribution in [0.4, 0.5) is 13.2 Å². The summed E-state index contributed by atoms with van der Waals surface area (Å²) in [5.41, 5.74) is 6.49. The molecule has 0 unspecified atom stereocenters. The first-order valence-corrected chi connectivity index (χ1v) is 6.74. The molecule has 0 aliphatic carbocycles.